The largest absolute Gasteiger partial charge is 0.481 e. The van der Waals surface area contributed by atoms with Crippen LogP contribution < -0.4 is 0 Å². The Balaban J connectivity index is 1.74. The van der Waals surface area contributed by atoms with Gasteiger partial charge in [-0.05, 0) is 55.4 Å². The van der Waals surface area contributed by atoms with Gasteiger partial charge in [-0.3, -0.25) is 9.59 Å². The molecule has 126 valence electrons. The van der Waals surface area contributed by atoms with E-state index in [4.69, 9.17) is 5.11 Å². The third kappa shape index (κ3) is 3.75. The molecule has 1 fully saturated rings. The third-order valence-corrected chi connectivity index (χ3v) is 4.81. The van der Waals surface area contributed by atoms with Crippen LogP contribution in [-0.2, 0) is 11.2 Å². The third-order valence-electron chi connectivity index (χ3n) is 4.81. The molecule has 4 nitrogen and oxygen atoms in total. The summed E-state index contributed by atoms with van der Waals surface area (Å²) in [6.07, 6.45) is 11.1. The van der Waals surface area contributed by atoms with Crippen molar-refractivity contribution in [2.45, 2.75) is 44.6 Å². The lowest BCUT2D eigenvalue weighted by molar-refractivity contribution is -0.136. The van der Waals surface area contributed by atoms with Gasteiger partial charge in [0.05, 0.1) is 6.04 Å². The number of carbonyl (C=O) groups excluding carboxylic acids is 1. The second-order valence-electron chi connectivity index (χ2n) is 6.47. The number of allylic oxidation sites excluding steroid dienone is 2. The Hall–Kier alpha value is -2.36. The smallest absolute Gasteiger partial charge is 0.303 e. The van der Waals surface area contributed by atoms with Gasteiger partial charge in [-0.15, -0.1) is 0 Å². The normalized spacial score (nSPS) is 20.1. The first-order valence-corrected chi connectivity index (χ1v) is 8.62. The number of carbonyl (C=O) groups is 2. The SMILES string of the molecule is O=C(O)CCc1ccc(C(=O)N2CCCCC3=CC=CCC32)cc1. The molecule has 0 spiro atoms. The summed E-state index contributed by atoms with van der Waals surface area (Å²) >= 11 is 0. The Morgan fingerprint density at radius 3 is 2.71 bits per heavy atom. The maximum atomic E-state index is 13.0. The topological polar surface area (TPSA) is 57.6 Å². The Bertz CT molecular complexity index is 673. The standard InChI is InChI=1S/C20H23NO3/c22-19(23)13-10-15-8-11-17(12-9-15)20(24)21-14-4-3-6-16-5-1-2-7-18(16)21/h1-2,5,8-9,11-12,18H,3-4,6-7,10,13-14H2,(H,22,23). The number of rotatable bonds is 4. The van der Waals surface area contributed by atoms with Crippen LogP contribution in [0.2, 0.25) is 0 Å². The Morgan fingerprint density at radius 1 is 1.17 bits per heavy atom. The molecule has 0 aromatic heterocycles. The zero-order valence-corrected chi connectivity index (χ0v) is 13.8. The van der Waals surface area contributed by atoms with Gasteiger partial charge in [0, 0.05) is 18.5 Å². The molecule has 1 aromatic carbocycles. The summed E-state index contributed by atoms with van der Waals surface area (Å²) in [6.45, 7) is 0.801. The molecule has 1 aromatic rings. The maximum absolute atomic E-state index is 13.0. The summed E-state index contributed by atoms with van der Waals surface area (Å²) in [5.74, 6) is -0.725. The summed E-state index contributed by atoms with van der Waals surface area (Å²) in [5.41, 5.74) is 3.00. The predicted molar refractivity (Wildman–Crippen MR) is 92.9 cm³/mol. The first-order chi connectivity index (χ1) is 11.6. The van der Waals surface area contributed by atoms with Crippen LogP contribution in [0.25, 0.3) is 0 Å². The Kier molecular flexibility index (Phi) is 5.14. The molecular formula is C20H23NO3. The van der Waals surface area contributed by atoms with Gasteiger partial charge in [0.1, 0.15) is 0 Å². The molecule has 4 heteroatoms. The number of fused-ring (bicyclic) bond motifs is 1. The molecule has 1 aliphatic carbocycles. The van der Waals surface area contributed by atoms with Gasteiger partial charge >= 0.3 is 5.97 Å². The lowest BCUT2D eigenvalue weighted by Gasteiger charge is -2.32. The molecule has 1 heterocycles. The lowest BCUT2D eigenvalue weighted by atomic mass is 9.94. The van der Waals surface area contributed by atoms with E-state index in [0.29, 0.717) is 12.0 Å². The molecule has 1 unspecified atom stereocenters. The van der Waals surface area contributed by atoms with E-state index in [9.17, 15) is 9.59 Å². The van der Waals surface area contributed by atoms with Crippen LogP contribution in [0.5, 0.6) is 0 Å². The number of nitrogens with zero attached hydrogens (tertiary/aromatic N) is 1. The van der Waals surface area contributed by atoms with E-state index in [2.05, 4.69) is 18.2 Å². The fourth-order valence-electron chi connectivity index (χ4n) is 3.48. The fourth-order valence-corrected chi connectivity index (χ4v) is 3.48. The molecule has 1 amide bonds. The van der Waals surface area contributed by atoms with Gasteiger partial charge in [0.25, 0.3) is 5.91 Å². The molecule has 3 rings (SSSR count). The number of hydrogen-bond donors (Lipinski definition) is 1. The van der Waals surface area contributed by atoms with Crippen LogP contribution in [0, 0.1) is 0 Å². The van der Waals surface area contributed by atoms with Crippen molar-refractivity contribution in [3.05, 3.63) is 59.2 Å². The monoisotopic (exact) mass is 325 g/mol. The molecule has 0 radical (unpaired) electrons. The number of aliphatic carboxylic acids is 1. The maximum Gasteiger partial charge on any atom is 0.303 e. The summed E-state index contributed by atoms with van der Waals surface area (Å²) in [7, 11) is 0. The summed E-state index contributed by atoms with van der Waals surface area (Å²) in [5, 5.41) is 8.75. The van der Waals surface area contributed by atoms with Crippen LogP contribution in [0.1, 0.15) is 48.0 Å². The van der Waals surface area contributed by atoms with Crippen molar-refractivity contribution in [1.29, 1.82) is 0 Å². The number of benzene rings is 1. The number of hydrogen-bond acceptors (Lipinski definition) is 2. The van der Waals surface area contributed by atoms with Crippen molar-refractivity contribution < 1.29 is 14.7 Å². The van der Waals surface area contributed by atoms with E-state index in [1.807, 2.05) is 29.2 Å². The molecule has 0 saturated carbocycles. The minimum absolute atomic E-state index is 0.0767. The van der Waals surface area contributed by atoms with Crippen LogP contribution >= 0.6 is 0 Å². The van der Waals surface area contributed by atoms with Gasteiger partial charge in [0.15, 0.2) is 0 Å². The molecule has 2 aliphatic rings. The predicted octanol–water partition coefficient (Wildman–Crippen LogP) is 3.58. The number of likely N-dealkylation sites (tertiary alicyclic amines) is 1. The fraction of sp³-hybridized carbons (Fsp3) is 0.400. The highest BCUT2D eigenvalue weighted by Crippen LogP contribution is 2.29. The van der Waals surface area contributed by atoms with E-state index >= 15 is 0 Å². The Labute approximate surface area is 142 Å². The number of carboxylic acid groups (broad SMARTS) is 1. The zero-order valence-electron chi connectivity index (χ0n) is 13.8. The van der Waals surface area contributed by atoms with Gasteiger partial charge in [-0.2, -0.15) is 0 Å². The van der Waals surface area contributed by atoms with E-state index in [1.54, 1.807) is 0 Å². The average Bonchev–Trinajstić information content (AvgIpc) is 2.82. The quantitative estimate of drug-likeness (QED) is 0.920. The zero-order chi connectivity index (χ0) is 16.9. The summed E-state index contributed by atoms with van der Waals surface area (Å²) in [6, 6.07) is 7.58. The van der Waals surface area contributed by atoms with Crippen LogP contribution in [0.3, 0.4) is 0 Å². The van der Waals surface area contributed by atoms with Crippen molar-refractivity contribution in [2.24, 2.45) is 0 Å². The Morgan fingerprint density at radius 2 is 1.96 bits per heavy atom. The molecule has 1 atom stereocenters. The van der Waals surface area contributed by atoms with E-state index < -0.39 is 5.97 Å². The minimum atomic E-state index is -0.801. The number of amides is 1. The molecule has 1 N–H and O–H groups in total. The van der Waals surface area contributed by atoms with Crippen LogP contribution in [0.15, 0.2) is 48.1 Å². The highest BCUT2D eigenvalue weighted by molar-refractivity contribution is 5.94. The summed E-state index contributed by atoms with van der Waals surface area (Å²) < 4.78 is 0. The second-order valence-corrected chi connectivity index (χ2v) is 6.47. The lowest BCUT2D eigenvalue weighted by Crippen LogP contribution is -2.41. The summed E-state index contributed by atoms with van der Waals surface area (Å²) in [4.78, 5) is 25.6. The van der Waals surface area contributed by atoms with Crippen molar-refractivity contribution in [1.82, 2.24) is 4.90 Å². The molecule has 1 saturated heterocycles. The first-order valence-electron chi connectivity index (χ1n) is 8.62. The van der Waals surface area contributed by atoms with E-state index in [0.717, 1.165) is 37.8 Å². The van der Waals surface area contributed by atoms with Gasteiger partial charge in [-0.25, -0.2) is 0 Å². The van der Waals surface area contributed by atoms with E-state index in [-0.39, 0.29) is 18.4 Å². The first kappa shape index (κ1) is 16.5. The molecule has 24 heavy (non-hydrogen) atoms. The number of aryl methyl sites for hydroxylation is 1. The molecule has 1 aliphatic heterocycles. The molecule has 0 bridgehead atoms. The average molecular weight is 325 g/mol. The molecular weight excluding hydrogens is 302 g/mol. The highest BCUT2D eigenvalue weighted by Gasteiger charge is 2.29. The van der Waals surface area contributed by atoms with Gasteiger partial charge in [-0.1, -0.05) is 30.4 Å². The van der Waals surface area contributed by atoms with Crippen molar-refractivity contribution in [3.63, 3.8) is 0 Å². The van der Waals surface area contributed by atoms with Gasteiger partial charge < -0.3 is 10.0 Å². The second kappa shape index (κ2) is 7.47. The highest BCUT2D eigenvalue weighted by atomic mass is 16.4. The van der Waals surface area contributed by atoms with Crippen molar-refractivity contribution in [3.8, 4) is 0 Å². The van der Waals surface area contributed by atoms with Gasteiger partial charge in [0.2, 0.25) is 0 Å². The van der Waals surface area contributed by atoms with Crippen LogP contribution in [-0.4, -0.2) is 34.5 Å². The minimum Gasteiger partial charge on any atom is -0.481 e. The van der Waals surface area contributed by atoms with Crippen molar-refractivity contribution >= 4 is 11.9 Å². The van der Waals surface area contributed by atoms with Crippen LogP contribution in [0.4, 0.5) is 0 Å². The number of carboxylic acids is 1. The van der Waals surface area contributed by atoms with E-state index in [1.165, 1.54) is 5.57 Å². The van der Waals surface area contributed by atoms with Crippen molar-refractivity contribution in [2.75, 3.05) is 6.54 Å².